The third kappa shape index (κ3) is 1.49. The second kappa shape index (κ2) is 4.85. The van der Waals surface area contributed by atoms with Crippen LogP contribution >= 0.6 is 0 Å². The fourth-order valence-corrected chi connectivity index (χ4v) is 5.38. The summed E-state index contributed by atoms with van der Waals surface area (Å²) in [5.74, 6) is 0. The van der Waals surface area contributed by atoms with E-state index in [0.717, 1.165) is 6.54 Å². The zero-order valence-electron chi connectivity index (χ0n) is 15.6. The first-order valence-electron chi connectivity index (χ1n) is 9.95. The van der Waals surface area contributed by atoms with Crippen molar-refractivity contribution < 1.29 is 0 Å². The minimum absolute atomic E-state index is 0.968. The molecule has 0 aliphatic carbocycles. The lowest BCUT2D eigenvalue weighted by Gasteiger charge is -2.04. The maximum atomic E-state index is 2.47. The van der Waals surface area contributed by atoms with Gasteiger partial charge < -0.3 is 8.97 Å². The van der Waals surface area contributed by atoms with Gasteiger partial charge in [-0.15, -0.1) is 0 Å². The van der Waals surface area contributed by atoms with Gasteiger partial charge in [-0.3, -0.25) is 0 Å². The summed E-state index contributed by atoms with van der Waals surface area (Å²) in [7, 11) is 0. The highest BCUT2D eigenvalue weighted by molar-refractivity contribution is 6.35. The molecule has 0 radical (unpaired) electrons. The molecule has 2 heteroatoms. The van der Waals surface area contributed by atoms with Crippen LogP contribution in [0.1, 0.15) is 6.92 Å². The smallest absolute Gasteiger partial charge is 0.0628 e. The van der Waals surface area contributed by atoms with Crippen molar-refractivity contribution in [3.63, 3.8) is 0 Å². The average Bonchev–Trinajstić information content (AvgIpc) is 3.37. The molecule has 3 aromatic heterocycles. The van der Waals surface area contributed by atoms with Gasteiger partial charge in [-0.05, 0) is 31.2 Å². The molecular formula is C26H18N2. The molecular weight excluding hydrogens is 340 g/mol. The first kappa shape index (κ1) is 14.5. The van der Waals surface area contributed by atoms with E-state index in [1.54, 1.807) is 0 Å². The molecule has 0 spiro atoms. The van der Waals surface area contributed by atoms with E-state index in [0.29, 0.717) is 0 Å². The van der Waals surface area contributed by atoms with E-state index in [1.807, 2.05) is 0 Å². The molecule has 0 bridgehead atoms. The van der Waals surface area contributed by atoms with Crippen LogP contribution in [-0.4, -0.2) is 8.97 Å². The van der Waals surface area contributed by atoms with Crippen LogP contribution in [0.15, 0.2) is 78.9 Å². The number of para-hydroxylation sites is 3. The van der Waals surface area contributed by atoms with Crippen LogP contribution in [0.4, 0.5) is 0 Å². The van der Waals surface area contributed by atoms with E-state index in [2.05, 4.69) is 94.8 Å². The SMILES string of the molecule is CCn1c2ccccc2c2c3c4ccccc4n4c5ccccc5c(cc21)c34. The summed E-state index contributed by atoms with van der Waals surface area (Å²) in [6.45, 7) is 3.21. The Morgan fingerprint density at radius 3 is 1.86 bits per heavy atom. The topological polar surface area (TPSA) is 9.34 Å². The lowest BCUT2D eigenvalue weighted by molar-refractivity contribution is 0.828. The maximum absolute atomic E-state index is 2.47. The van der Waals surface area contributed by atoms with E-state index in [9.17, 15) is 0 Å². The number of rotatable bonds is 1. The quantitative estimate of drug-likeness (QED) is 0.300. The minimum atomic E-state index is 0.968. The molecule has 7 rings (SSSR count). The standard InChI is InChI=1S/C26H18N2/c1-2-27-20-12-6-4-10-17(20)24-23(27)15-19-16-9-3-7-13-21(16)28-22-14-8-5-11-18(22)25(24)26(19)28/h3-15H,2H2,1H3. The molecule has 4 aromatic carbocycles. The fraction of sp³-hybridized carbons (Fsp3) is 0.0769. The number of fused-ring (bicyclic) bond motifs is 10. The first-order valence-corrected chi connectivity index (χ1v) is 9.95. The molecule has 0 saturated heterocycles. The van der Waals surface area contributed by atoms with Gasteiger partial charge in [0.25, 0.3) is 0 Å². The number of benzene rings is 4. The zero-order chi connectivity index (χ0) is 18.4. The second-order valence-electron chi connectivity index (χ2n) is 7.67. The van der Waals surface area contributed by atoms with Crippen molar-refractivity contribution in [2.24, 2.45) is 0 Å². The highest BCUT2D eigenvalue weighted by Gasteiger charge is 2.22. The second-order valence-corrected chi connectivity index (χ2v) is 7.67. The van der Waals surface area contributed by atoms with Crippen molar-refractivity contribution in [3.05, 3.63) is 78.9 Å². The van der Waals surface area contributed by atoms with Gasteiger partial charge in [-0.25, -0.2) is 0 Å². The number of aryl methyl sites for hydroxylation is 1. The van der Waals surface area contributed by atoms with Crippen molar-refractivity contribution in [1.82, 2.24) is 8.97 Å². The van der Waals surface area contributed by atoms with Gasteiger partial charge in [0.2, 0.25) is 0 Å². The van der Waals surface area contributed by atoms with E-state index < -0.39 is 0 Å². The Labute approximate surface area is 161 Å². The molecule has 0 amide bonds. The monoisotopic (exact) mass is 358 g/mol. The molecule has 0 N–H and O–H groups in total. The minimum Gasteiger partial charge on any atom is -0.341 e. The molecule has 0 atom stereocenters. The van der Waals surface area contributed by atoms with Gasteiger partial charge in [-0.2, -0.15) is 0 Å². The van der Waals surface area contributed by atoms with E-state index >= 15 is 0 Å². The Hall–Kier alpha value is -3.52. The van der Waals surface area contributed by atoms with Crippen molar-refractivity contribution >= 4 is 59.9 Å². The van der Waals surface area contributed by atoms with E-state index in [4.69, 9.17) is 0 Å². The largest absolute Gasteiger partial charge is 0.341 e. The van der Waals surface area contributed by atoms with Crippen LogP contribution in [0.25, 0.3) is 59.9 Å². The third-order valence-electron chi connectivity index (χ3n) is 6.42. The number of hydrogen-bond acceptors (Lipinski definition) is 0. The van der Waals surface area contributed by atoms with Gasteiger partial charge >= 0.3 is 0 Å². The number of hydrogen-bond donors (Lipinski definition) is 0. The molecule has 132 valence electrons. The van der Waals surface area contributed by atoms with Crippen LogP contribution in [0.3, 0.4) is 0 Å². The van der Waals surface area contributed by atoms with Crippen LogP contribution in [0, 0.1) is 0 Å². The van der Waals surface area contributed by atoms with E-state index in [-0.39, 0.29) is 0 Å². The van der Waals surface area contributed by atoms with Crippen molar-refractivity contribution in [1.29, 1.82) is 0 Å². The molecule has 2 nitrogen and oxygen atoms in total. The van der Waals surface area contributed by atoms with Gasteiger partial charge in [0, 0.05) is 44.4 Å². The third-order valence-corrected chi connectivity index (χ3v) is 6.42. The molecule has 7 aromatic rings. The van der Waals surface area contributed by atoms with Crippen LogP contribution < -0.4 is 0 Å². The van der Waals surface area contributed by atoms with Crippen molar-refractivity contribution in [2.45, 2.75) is 13.5 Å². The summed E-state index contributed by atoms with van der Waals surface area (Å²) in [5, 5.41) is 8.17. The maximum Gasteiger partial charge on any atom is 0.0628 e. The molecule has 3 heterocycles. The van der Waals surface area contributed by atoms with Gasteiger partial charge in [0.1, 0.15) is 0 Å². The summed E-state index contributed by atoms with van der Waals surface area (Å²) in [6.07, 6.45) is 0. The van der Waals surface area contributed by atoms with Crippen LogP contribution in [0.5, 0.6) is 0 Å². The highest BCUT2D eigenvalue weighted by Crippen LogP contribution is 2.45. The Balaban J connectivity index is 1.96. The molecule has 0 unspecified atom stereocenters. The Bertz CT molecular complexity index is 1690. The normalized spacial score (nSPS) is 12.6. The Morgan fingerprint density at radius 2 is 1.14 bits per heavy atom. The molecule has 0 saturated carbocycles. The summed E-state index contributed by atoms with van der Waals surface area (Å²) >= 11 is 0. The first-order chi connectivity index (χ1) is 13.9. The van der Waals surface area contributed by atoms with Gasteiger partial charge in [0.05, 0.1) is 22.1 Å². The van der Waals surface area contributed by atoms with Gasteiger partial charge in [-0.1, -0.05) is 54.6 Å². The fourth-order valence-electron chi connectivity index (χ4n) is 5.38. The molecule has 0 fully saturated rings. The lowest BCUT2D eigenvalue weighted by atomic mass is 10.0. The number of aromatic nitrogens is 2. The van der Waals surface area contributed by atoms with Crippen molar-refractivity contribution in [2.75, 3.05) is 0 Å². The van der Waals surface area contributed by atoms with E-state index in [1.165, 1.54) is 59.9 Å². The van der Waals surface area contributed by atoms with Gasteiger partial charge in [0.15, 0.2) is 0 Å². The Morgan fingerprint density at radius 1 is 0.571 bits per heavy atom. The summed E-state index contributed by atoms with van der Waals surface area (Å²) in [5.41, 5.74) is 6.61. The highest BCUT2D eigenvalue weighted by atomic mass is 15.0. The number of nitrogens with zero attached hydrogens (tertiary/aromatic N) is 2. The van der Waals surface area contributed by atoms with Crippen LogP contribution in [-0.2, 0) is 6.54 Å². The van der Waals surface area contributed by atoms with Crippen molar-refractivity contribution in [3.8, 4) is 0 Å². The lowest BCUT2D eigenvalue weighted by Crippen LogP contribution is -1.92. The summed E-state index contributed by atoms with van der Waals surface area (Å²) in [6, 6.07) is 28.9. The Kier molecular flexibility index (Phi) is 2.51. The predicted octanol–water partition coefficient (Wildman–Crippen LogP) is 6.96. The summed E-state index contributed by atoms with van der Waals surface area (Å²) < 4.78 is 4.93. The zero-order valence-corrected chi connectivity index (χ0v) is 15.6. The van der Waals surface area contributed by atoms with Crippen LogP contribution in [0.2, 0.25) is 0 Å². The molecule has 28 heavy (non-hydrogen) atoms. The average molecular weight is 358 g/mol. The molecule has 0 aliphatic rings. The molecule has 0 aliphatic heterocycles. The predicted molar refractivity (Wildman–Crippen MR) is 120 cm³/mol. The summed E-state index contributed by atoms with van der Waals surface area (Å²) in [4.78, 5) is 0.